The van der Waals surface area contributed by atoms with E-state index >= 15 is 0 Å². The number of benzene rings is 2. The highest BCUT2D eigenvalue weighted by molar-refractivity contribution is 5.90. The Bertz CT molecular complexity index is 2600. The van der Waals surface area contributed by atoms with Crippen molar-refractivity contribution >= 4 is 46.1 Å². The molecule has 0 saturated carbocycles. The molecule has 0 bridgehead atoms. The third kappa shape index (κ3) is 10.9. The number of ether oxygens (including phenoxy) is 4. The van der Waals surface area contributed by atoms with E-state index in [2.05, 4.69) is 40.9 Å². The van der Waals surface area contributed by atoms with Crippen LogP contribution in [-0.4, -0.2) is 181 Å². The molecule has 6 aromatic rings. The smallest absolute Gasteiger partial charge is 0.319 e. The highest BCUT2D eigenvalue weighted by Gasteiger charge is 2.34. The van der Waals surface area contributed by atoms with E-state index in [1.165, 1.54) is 0 Å². The molecule has 10 rings (SSSR count). The van der Waals surface area contributed by atoms with Crippen LogP contribution >= 0.6 is 0 Å². The van der Waals surface area contributed by atoms with Crippen molar-refractivity contribution in [1.29, 1.82) is 0 Å². The largest absolute Gasteiger partial charge is 0.379 e. The first-order valence-electron chi connectivity index (χ1n) is 23.3. The SMILES string of the molecule is O=C(NCCCN1CCOCC1)Nc1ccc(-c2nc(N3CCOC(C4CN(CCNC(=O)Nc5ccc(-c6nc(N7CCOCC7)c7cccn7n6)cc5)CCO4)C3)c3cccn3n2)cc1. The van der Waals surface area contributed by atoms with E-state index in [0.717, 1.165) is 92.7 Å². The van der Waals surface area contributed by atoms with Crippen molar-refractivity contribution < 1.29 is 28.5 Å². The molecule has 8 heterocycles. The lowest BCUT2D eigenvalue weighted by Crippen LogP contribution is -2.55. The number of rotatable bonds is 14. The molecule has 2 unspecified atom stereocenters. The molecule has 20 nitrogen and oxygen atoms in total. The number of anilines is 4. The van der Waals surface area contributed by atoms with Crippen molar-refractivity contribution in [2.75, 3.05) is 139 Å². The number of nitrogens with one attached hydrogen (secondary N) is 4. The molecule has 0 spiro atoms. The topological polar surface area (TPSA) is 193 Å². The van der Waals surface area contributed by atoms with Gasteiger partial charge in [0, 0.05) is 107 Å². The quantitative estimate of drug-likeness (QED) is 0.116. The van der Waals surface area contributed by atoms with Gasteiger partial charge >= 0.3 is 12.1 Å². The predicted molar refractivity (Wildman–Crippen MR) is 254 cm³/mol. The molecule has 4 amide bonds. The maximum atomic E-state index is 13.0. The monoisotopic (exact) mass is 914 g/mol. The summed E-state index contributed by atoms with van der Waals surface area (Å²) in [5.74, 6) is 2.90. The predicted octanol–water partition coefficient (Wildman–Crippen LogP) is 3.51. The van der Waals surface area contributed by atoms with Gasteiger partial charge < -0.3 is 50.0 Å². The number of carbonyl (C=O) groups is 2. The lowest BCUT2D eigenvalue weighted by Gasteiger charge is -2.41. The van der Waals surface area contributed by atoms with Gasteiger partial charge in [0.2, 0.25) is 0 Å². The number of hydrogen-bond acceptors (Lipinski definition) is 14. The summed E-state index contributed by atoms with van der Waals surface area (Å²) in [6.45, 7) is 12.8. The number of carbonyl (C=O) groups excluding carboxylic acids is 2. The zero-order valence-corrected chi connectivity index (χ0v) is 37.6. The molecule has 67 heavy (non-hydrogen) atoms. The molecule has 0 radical (unpaired) electrons. The second-order valence-electron chi connectivity index (χ2n) is 17.1. The van der Waals surface area contributed by atoms with Crippen LogP contribution in [0.25, 0.3) is 33.8 Å². The number of urea groups is 2. The Morgan fingerprint density at radius 1 is 0.552 bits per heavy atom. The maximum absolute atomic E-state index is 13.0. The minimum Gasteiger partial charge on any atom is -0.379 e. The first-order chi connectivity index (χ1) is 33.0. The van der Waals surface area contributed by atoms with Gasteiger partial charge in [-0.05, 0) is 85.8 Å². The Morgan fingerprint density at radius 2 is 1.06 bits per heavy atom. The fraction of sp³-hybridized carbons (Fsp3) is 0.447. The molecule has 4 fully saturated rings. The zero-order chi connectivity index (χ0) is 45.4. The molecule has 2 aromatic carbocycles. The third-order valence-electron chi connectivity index (χ3n) is 12.6. The fourth-order valence-corrected chi connectivity index (χ4v) is 8.99. The van der Waals surface area contributed by atoms with Gasteiger partial charge in [0.25, 0.3) is 0 Å². The third-order valence-corrected chi connectivity index (χ3v) is 12.6. The van der Waals surface area contributed by atoms with E-state index in [9.17, 15) is 9.59 Å². The van der Waals surface area contributed by atoms with Gasteiger partial charge in [-0.15, -0.1) is 10.2 Å². The first kappa shape index (κ1) is 44.4. The summed E-state index contributed by atoms with van der Waals surface area (Å²) in [6, 6.07) is 22.7. The second-order valence-corrected chi connectivity index (χ2v) is 17.1. The minimum absolute atomic E-state index is 0.151. The van der Waals surface area contributed by atoms with Crippen LogP contribution in [0.5, 0.6) is 0 Å². The van der Waals surface area contributed by atoms with Gasteiger partial charge in [0.05, 0.1) is 45.7 Å². The van der Waals surface area contributed by atoms with Gasteiger partial charge in [0.15, 0.2) is 23.3 Å². The Kier molecular flexibility index (Phi) is 13.9. The van der Waals surface area contributed by atoms with Gasteiger partial charge in [0.1, 0.15) is 17.1 Å². The van der Waals surface area contributed by atoms with Crippen molar-refractivity contribution in [3.05, 3.63) is 85.2 Å². The minimum atomic E-state index is -0.273. The second kappa shape index (κ2) is 21.0. The molecule has 4 aliphatic rings. The van der Waals surface area contributed by atoms with Crippen LogP contribution in [0.4, 0.5) is 32.6 Å². The van der Waals surface area contributed by atoms with Crippen LogP contribution in [-0.2, 0) is 18.9 Å². The van der Waals surface area contributed by atoms with Crippen LogP contribution in [0.15, 0.2) is 85.2 Å². The van der Waals surface area contributed by atoms with Crippen LogP contribution in [0, 0.1) is 0 Å². The van der Waals surface area contributed by atoms with E-state index in [1.807, 2.05) is 94.2 Å². The molecule has 4 aromatic heterocycles. The summed E-state index contributed by atoms with van der Waals surface area (Å²) in [7, 11) is 0. The van der Waals surface area contributed by atoms with Gasteiger partial charge in [-0.3, -0.25) is 9.80 Å². The summed E-state index contributed by atoms with van der Waals surface area (Å²) < 4.78 is 27.3. The number of amides is 4. The van der Waals surface area contributed by atoms with E-state index in [0.29, 0.717) is 88.7 Å². The number of nitrogens with zero attached hydrogens (tertiary/aromatic N) is 10. The fourth-order valence-electron chi connectivity index (χ4n) is 8.99. The summed E-state index contributed by atoms with van der Waals surface area (Å²) in [6.07, 6.45) is 4.41. The summed E-state index contributed by atoms with van der Waals surface area (Å²) >= 11 is 0. The Balaban J connectivity index is 0.697. The van der Waals surface area contributed by atoms with Crippen LogP contribution in [0.1, 0.15) is 6.42 Å². The normalized spacial score (nSPS) is 19.7. The van der Waals surface area contributed by atoms with Crippen LogP contribution in [0.3, 0.4) is 0 Å². The van der Waals surface area contributed by atoms with E-state index in [4.69, 9.17) is 39.1 Å². The molecular weight excluding hydrogens is 857 g/mol. The molecule has 352 valence electrons. The molecule has 0 aliphatic carbocycles. The highest BCUT2D eigenvalue weighted by Crippen LogP contribution is 2.29. The Labute approximate surface area is 388 Å². The zero-order valence-electron chi connectivity index (χ0n) is 37.6. The summed E-state index contributed by atoms with van der Waals surface area (Å²) in [4.78, 5) is 44.8. The number of aromatic nitrogens is 6. The van der Waals surface area contributed by atoms with E-state index in [1.54, 1.807) is 0 Å². The number of morpholine rings is 4. The summed E-state index contributed by atoms with van der Waals surface area (Å²) in [5.41, 5.74) is 4.91. The maximum Gasteiger partial charge on any atom is 0.319 e. The van der Waals surface area contributed by atoms with E-state index in [-0.39, 0.29) is 24.3 Å². The van der Waals surface area contributed by atoms with Crippen LogP contribution < -0.4 is 31.1 Å². The lowest BCUT2D eigenvalue weighted by atomic mass is 10.1. The standard InChI is InChI=1S/C47H58N14O6/c62-46(48-14-3-16-56-20-26-64-27-21-56)50-36-10-8-35(9-11-36)43-53-45(39-5-2-18-61(39)55-43)59-25-31-67-41(33-59)40-32-57(22-30-66-40)19-15-49-47(63)51-37-12-6-34(7-13-37)42-52-44(58-23-28-65-29-24-58)38-4-1-17-60(38)54-42/h1-2,4-13,17-18,40-41H,3,14-16,19-33H2,(H2,48,50,62)(H2,49,51,63). The Morgan fingerprint density at radius 3 is 1.67 bits per heavy atom. The molecule has 4 aliphatic heterocycles. The molecule has 2 atom stereocenters. The van der Waals surface area contributed by atoms with Gasteiger partial charge in [-0.1, -0.05) is 0 Å². The molecular formula is C47H58N14O6. The van der Waals surface area contributed by atoms with Crippen molar-refractivity contribution in [2.24, 2.45) is 0 Å². The van der Waals surface area contributed by atoms with Crippen molar-refractivity contribution in [2.45, 2.75) is 18.6 Å². The van der Waals surface area contributed by atoms with E-state index < -0.39 is 0 Å². The number of hydrogen-bond donors (Lipinski definition) is 4. The number of fused-ring (bicyclic) bond motifs is 2. The average Bonchev–Trinajstić information content (AvgIpc) is 4.07. The molecule has 4 N–H and O–H groups in total. The molecule has 4 saturated heterocycles. The Hall–Kier alpha value is -6.42. The lowest BCUT2D eigenvalue weighted by molar-refractivity contribution is -0.114. The average molecular weight is 915 g/mol. The van der Waals surface area contributed by atoms with Gasteiger partial charge in [-0.25, -0.2) is 28.6 Å². The summed E-state index contributed by atoms with van der Waals surface area (Å²) in [5, 5.41) is 21.4. The van der Waals surface area contributed by atoms with Crippen molar-refractivity contribution in [3.8, 4) is 22.8 Å². The van der Waals surface area contributed by atoms with Crippen LogP contribution in [0.2, 0.25) is 0 Å². The van der Waals surface area contributed by atoms with Gasteiger partial charge in [-0.2, -0.15) is 0 Å². The van der Waals surface area contributed by atoms with Crippen molar-refractivity contribution in [1.82, 2.24) is 49.6 Å². The highest BCUT2D eigenvalue weighted by atomic mass is 16.5. The first-order valence-corrected chi connectivity index (χ1v) is 23.3. The van der Waals surface area contributed by atoms with Crippen molar-refractivity contribution in [3.63, 3.8) is 0 Å². The molecule has 20 heteroatoms.